The predicted octanol–water partition coefficient (Wildman–Crippen LogP) is 19.6. The Bertz CT molecular complexity index is 2330. The van der Waals surface area contributed by atoms with E-state index in [9.17, 15) is 52.7 Å². The molecule has 0 saturated heterocycles. The molecule has 0 unspecified atom stereocenters. The number of aryl methyl sites for hydroxylation is 2. The summed E-state index contributed by atoms with van der Waals surface area (Å²) < 4.78 is 160. The van der Waals surface area contributed by atoms with Gasteiger partial charge >= 0.3 is 62.6 Å². The van der Waals surface area contributed by atoms with Crippen LogP contribution in [-0.4, -0.2) is 9.52 Å². The first-order valence-electron chi connectivity index (χ1n) is 22.4. The molecule has 0 aromatic heterocycles. The van der Waals surface area contributed by atoms with E-state index in [1.54, 1.807) is 24.3 Å². The number of fused-ring (bicyclic) bond motifs is 2. The zero-order valence-electron chi connectivity index (χ0n) is 38.0. The normalized spacial score (nSPS) is 15.2. The molecule has 2 fully saturated rings. The van der Waals surface area contributed by atoms with Crippen molar-refractivity contribution >= 4 is 48.1 Å². The van der Waals surface area contributed by atoms with Gasteiger partial charge in [0.2, 0.25) is 0 Å². The topological polar surface area (TPSA) is 0 Å². The molecule has 0 atom stereocenters. The molecule has 0 bridgehead atoms. The van der Waals surface area contributed by atoms with Crippen molar-refractivity contribution in [1.82, 2.24) is 0 Å². The van der Waals surface area contributed by atoms with Crippen molar-refractivity contribution in [1.29, 1.82) is 0 Å². The molecule has 6 aromatic rings. The van der Waals surface area contributed by atoms with Crippen LogP contribution in [-0.2, 0) is 58.4 Å². The Labute approximate surface area is 411 Å². The van der Waals surface area contributed by atoms with Crippen LogP contribution in [0.25, 0.3) is 43.8 Å². The SMILES string of the molecule is C[Si]C.Cc1ccc(-c2cc(C(F)(F)F)cc(C(F)(F)F)c2)c2cc(CC3CCCCC3)[cH-]c12.Cc1ccc(-c2cc(C(F)(F)F)cc(C(F)(F)F)c2)c2cc(CC3CCCCC3)[cH-]c12.[Cl][Zr+2][Cl]. The molecule has 0 spiro atoms. The third-order valence-electron chi connectivity index (χ3n) is 12.6. The molecule has 8 rings (SSSR count). The van der Waals surface area contributed by atoms with Crippen molar-refractivity contribution in [2.24, 2.45) is 11.8 Å². The van der Waals surface area contributed by atoms with Gasteiger partial charge in [-0.05, 0) is 72.2 Å². The Kier molecular flexibility index (Phi) is 19.6. The summed E-state index contributed by atoms with van der Waals surface area (Å²) >= 11 is -0.826. The predicted molar refractivity (Wildman–Crippen MR) is 249 cm³/mol. The molecular formula is C52H52Cl2F12SiZr. The van der Waals surface area contributed by atoms with Crippen LogP contribution >= 0.6 is 17.0 Å². The van der Waals surface area contributed by atoms with Gasteiger partial charge in [-0.1, -0.05) is 114 Å². The second-order valence-electron chi connectivity index (χ2n) is 17.8. The minimum atomic E-state index is -4.86. The first kappa shape index (κ1) is 55.9. The second kappa shape index (κ2) is 23.9. The van der Waals surface area contributed by atoms with Gasteiger partial charge in [-0.2, -0.15) is 64.8 Å². The van der Waals surface area contributed by atoms with Crippen LogP contribution in [0.15, 0.2) is 84.9 Å². The number of rotatable bonds is 6. The summed E-state index contributed by atoms with van der Waals surface area (Å²) in [6, 6.07) is 18.3. The average molecular weight is 1100 g/mol. The van der Waals surface area contributed by atoms with Crippen LogP contribution in [0.5, 0.6) is 0 Å². The van der Waals surface area contributed by atoms with Crippen molar-refractivity contribution in [3.63, 3.8) is 0 Å². The molecule has 0 aliphatic heterocycles. The van der Waals surface area contributed by atoms with Gasteiger partial charge < -0.3 is 0 Å². The molecular weight excluding hydrogens is 1040 g/mol. The zero-order valence-corrected chi connectivity index (χ0v) is 43.0. The Morgan fingerprint density at radius 1 is 0.485 bits per heavy atom. The fraction of sp³-hybridized carbons (Fsp3) is 0.423. The van der Waals surface area contributed by atoms with Gasteiger partial charge in [-0.3, -0.25) is 0 Å². The molecule has 2 aliphatic rings. The van der Waals surface area contributed by atoms with Crippen LogP contribution < -0.4 is 0 Å². The van der Waals surface area contributed by atoms with E-state index in [0.29, 0.717) is 33.7 Å². The standard InChI is InChI=1S/2C25H23F6.C2H6Si.2ClH.Zr/c2*1-15-7-8-21(18-12-19(24(26,27)28)14-20(13-18)25(29,30)31)23-11-17(10-22(15)23)9-16-5-3-2-4-6-16;1-3-2;;;/h2*7-8,10-14,16H,2-6,9H2,1H3;1-2H3;2*1H;/q2*-1;;;;+4/p-2. The molecule has 6 aromatic carbocycles. The molecule has 2 aliphatic carbocycles. The summed E-state index contributed by atoms with van der Waals surface area (Å²) in [5.74, 6) is 1.17. The van der Waals surface area contributed by atoms with Gasteiger partial charge in [0.25, 0.3) is 0 Å². The molecule has 68 heavy (non-hydrogen) atoms. The van der Waals surface area contributed by atoms with Crippen molar-refractivity contribution < 1.29 is 73.5 Å². The van der Waals surface area contributed by atoms with Crippen LogP contribution in [0, 0.1) is 25.7 Å². The van der Waals surface area contributed by atoms with Gasteiger partial charge in [-0.25, -0.2) is 0 Å². The van der Waals surface area contributed by atoms with Crippen LogP contribution in [0.4, 0.5) is 52.7 Å². The summed E-state index contributed by atoms with van der Waals surface area (Å²) in [5.41, 5.74) is -0.405. The zero-order chi connectivity index (χ0) is 50.2. The fourth-order valence-electron chi connectivity index (χ4n) is 9.42. The summed E-state index contributed by atoms with van der Waals surface area (Å²) in [6.07, 6.45) is -5.68. The van der Waals surface area contributed by atoms with Crippen molar-refractivity contribution in [2.45, 2.75) is 129 Å². The summed E-state index contributed by atoms with van der Waals surface area (Å²) in [5, 5.41) is 3.18. The van der Waals surface area contributed by atoms with Crippen LogP contribution in [0.1, 0.15) is 109 Å². The van der Waals surface area contributed by atoms with Gasteiger partial charge in [0.1, 0.15) is 0 Å². The first-order chi connectivity index (χ1) is 31.9. The quantitative estimate of drug-likeness (QED) is 0.0886. The third kappa shape index (κ3) is 15.0. The molecule has 0 heterocycles. The van der Waals surface area contributed by atoms with E-state index in [1.807, 2.05) is 38.1 Å². The van der Waals surface area contributed by atoms with E-state index in [1.165, 1.54) is 38.5 Å². The number of benzene rings is 4. The van der Waals surface area contributed by atoms with Gasteiger partial charge in [-0.15, -0.1) is 68.1 Å². The Hall–Kier alpha value is -3.06. The Morgan fingerprint density at radius 2 is 0.765 bits per heavy atom. The van der Waals surface area contributed by atoms with E-state index in [-0.39, 0.29) is 23.3 Å². The molecule has 2 saturated carbocycles. The minimum absolute atomic E-state index is 0.0676. The number of alkyl halides is 12. The fourth-order valence-corrected chi connectivity index (χ4v) is 9.42. The molecule has 16 heteroatoms. The summed E-state index contributed by atoms with van der Waals surface area (Å²) in [7, 11) is 11.0. The van der Waals surface area contributed by atoms with Crippen LogP contribution in [0.2, 0.25) is 13.1 Å². The Morgan fingerprint density at radius 3 is 1.03 bits per heavy atom. The monoisotopic (exact) mass is 1090 g/mol. The van der Waals surface area contributed by atoms with Gasteiger partial charge in [0.05, 0.1) is 22.3 Å². The molecule has 2 radical (unpaired) electrons. The van der Waals surface area contributed by atoms with Crippen molar-refractivity contribution in [3.8, 4) is 22.3 Å². The van der Waals surface area contributed by atoms with E-state index in [2.05, 4.69) is 13.1 Å². The first-order valence-corrected chi connectivity index (χ1v) is 30.7. The molecule has 0 amide bonds. The maximum atomic E-state index is 13.3. The molecule has 366 valence electrons. The number of halogens is 14. The van der Waals surface area contributed by atoms with Crippen molar-refractivity contribution in [2.75, 3.05) is 0 Å². The Balaban J connectivity index is 0.000000228. The maximum absolute atomic E-state index is 13.3. The van der Waals surface area contributed by atoms with Crippen molar-refractivity contribution in [3.05, 3.63) is 129 Å². The van der Waals surface area contributed by atoms with E-state index < -0.39 is 67.8 Å². The second-order valence-corrected chi connectivity index (χ2v) is 22.6. The van der Waals surface area contributed by atoms with E-state index in [0.717, 1.165) is 105 Å². The molecule has 0 nitrogen and oxygen atoms in total. The number of hydrogen-bond donors (Lipinski definition) is 0. The molecule has 0 N–H and O–H groups in total. The summed E-state index contributed by atoms with van der Waals surface area (Å²) in [6.45, 7) is 8.12. The van der Waals surface area contributed by atoms with E-state index >= 15 is 0 Å². The third-order valence-corrected chi connectivity index (χ3v) is 12.6. The average Bonchev–Trinajstić information content (AvgIpc) is 3.89. The summed E-state index contributed by atoms with van der Waals surface area (Å²) in [4.78, 5) is 0. The van der Waals surface area contributed by atoms with Gasteiger partial charge in [0, 0.05) is 9.52 Å². The number of hydrogen-bond acceptors (Lipinski definition) is 0. The van der Waals surface area contributed by atoms with Crippen LogP contribution in [0.3, 0.4) is 0 Å². The van der Waals surface area contributed by atoms with E-state index in [4.69, 9.17) is 17.0 Å². The van der Waals surface area contributed by atoms with Gasteiger partial charge in [0.15, 0.2) is 0 Å².